The first-order valence-corrected chi connectivity index (χ1v) is 6.59. The third kappa shape index (κ3) is 4.29. The number of tetrazole rings is 1. The van der Waals surface area contributed by atoms with E-state index in [2.05, 4.69) is 25.9 Å². The first-order valence-electron chi connectivity index (χ1n) is 6.59. The monoisotopic (exact) mass is 300 g/mol. The number of benzene rings is 1. The van der Waals surface area contributed by atoms with Gasteiger partial charge < -0.3 is 14.8 Å². The number of aromatic nitrogens is 4. The van der Waals surface area contributed by atoms with Crippen molar-refractivity contribution in [1.82, 2.24) is 20.6 Å². The summed E-state index contributed by atoms with van der Waals surface area (Å²) in [5, 5.41) is 25.3. The molecule has 0 saturated carbocycles. The van der Waals surface area contributed by atoms with Gasteiger partial charge in [-0.15, -0.1) is 10.2 Å². The molecule has 1 aromatic carbocycles. The lowest BCUT2D eigenvalue weighted by Crippen LogP contribution is -2.17. The zero-order valence-electron chi connectivity index (χ0n) is 12.3. The summed E-state index contributed by atoms with van der Waals surface area (Å²) in [6.07, 6.45) is 1.50. The Labute approximate surface area is 127 Å². The lowest BCUT2D eigenvalue weighted by molar-refractivity contribution is 0.0921. The smallest absolute Gasteiger partial charge is 0.216 e. The van der Waals surface area contributed by atoms with E-state index < -0.39 is 0 Å². The van der Waals surface area contributed by atoms with Gasteiger partial charge in [0, 0.05) is 19.0 Å². The number of aromatic amines is 1. The number of anilines is 1. The molecule has 8 nitrogen and oxygen atoms in total. The molecule has 8 heteroatoms. The van der Waals surface area contributed by atoms with Crippen molar-refractivity contribution in [2.24, 2.45) is 0 Å². The number of allylic oxidation sites excluding steroid dienone is 1. The van der Waals surface area contributed by atoms with Gasteiger partial charge in [-0.1, -0.05) is 0 Å². The van der Waals surface area contributed by atoms with Crippen LogP contribution in [0.1, 0.15) is 12.7 Å². The van der Waals surface area contributed by atoms with Crippen LogP contribution in [-0.2, 0) is 4.74 Å². The lowest BCUT2D eigenvalue weighted by atomic mass is 10.2. The molecule has 2 N–H and O–H groups in total. The average Bonchev–Trinajstić information content (AvgIpc) is 3.04. The maximum Gasteiger partial charge on any atom is 0.216 e. The van der Waals surface area contributed by atoms with Gasteiger partial charge >= 0.3 is 0 Å². The van der Waals surface area contributed by atoms with Crippen molar-refractivity contribution in [3.63, 3.8) is 0 Å². The Kier molecular flexibility index (Phi) is 5.45. The van der Waals surface area contributed by atoms with Gasteiger partial charge in [-0.05, 0) is 36.4 Å². The SMILES string of the molecule is COCC(C)Oc1ccc(NC=C(C#N)c2nn[nH]n2)cc1. The molecule has 0 saturated heterocycles. The summed E-state index contributed by atoms with van der Waals surface area (Å²) >= 11 is 0. The van der Waals surface area contributed by atoms with Crippen molar-refractivity contribution in [2.45, 2.75) is 13.0 Å². The summed E-state index contributed by atoms with van der Waals surface area (Å²) in [5.41, 5.74) is 1.09. The number of H-pyrrole nitrogens is 1. The lowest BCUT2D eigenvalue weighted by Gasteiger charge is -2.13. The first-order chi connectivity index (χ1) is 10.7. The minimum atomic E-state index is -0.0212. The normalized spacial score (nSPS) is 12.5. The molecule has 1 heterocycles. The Bertz CT molecular complexity index is 645. The highest BCUT2D eigenvalue weighted by Gasteiger charge is 2.06. The fourth-order valence-electron chi connectivity index (χ4n) is 1.71. The number of hydrogen-bond donors (Lipinski definition) is 2. The fraction of sp³-hybridized carbons (Fsp3) is 0.286. The second kappa shape index (κ2) is 7.75. The highest BCUT2D eigenvalue weighted by Crippen LogP contribution is 2.18. The second-order valence-corrected chi connectivity index (χ2v) is 4.46. The summed E-state index contributed by atoms with van der Waals surface area (Å²) in [6.45, 7) is 2.46. The topological polar surface area (TPSA) is 109 Å². The van der Waals surface area contributed by atoms with E-state index in [1.807, 2.05) is 37.3 Å². The molecule has 1 atom stereocenters. The van der Waals surface area contributed by atoms with Crippen LogP contribution >= 0.6 is 0 Å². The number of hydrogen-bond acceptors (Lipinski definition) is 7. The maximum absolute atomic E-state index is 9.06. The third-order valence-electron chi connectivity index (χ3n) is 2.68. The zero-order chi connectivity index (χ0) is 15.8. The number of rotatable bonds is 7. The summed E-state index contributed by atoms with van der Waals surface area (Å²) in [6, 6.07) is 9.36. The Morgan fingerprint density at radius 1 is 1.45 bits per heavy atom. The summed E-state index contributed by atoms with van der Waals surface area (Å²) < 4.78 is 10.7. The molecule has 22 heavy (non-hydrogen) atoms. The molecule has 0 aliphatic rings. The van der Waals surface area contributed by atoms with Gasteiger partial charge in [0.1, 0.15) is 23.5 Å². The summed E-state index contributed by atoms with van der Waals surface area (Å²) in [7, 11) is 1.63. The van der Waals surface area contributed by atoms with E-state index in [4.69, 9.17) is 14.7 Å². The fourth-order valence-corrected chi connectivity index (χ4v) is 1.71. The summed E-state index contributed by atoms with van der Waals surface area (Å²) in [4.78, 5) is 0. The molecule has 114 valence electrons. The van der Waals surface area contributed by atoms with E-state index in [9.17, 15) is 0 Å². The average molecular weight is 300 g/mol. The number of nitriles is 1. The van der Waals surface area contributed by atoms with Gasteiger partial charge in [-0.2, -0.15) is 10.5 Å². The van der Waals surface area contributed by atoms with Gasteiger partial charge in [-0.3, -0.25) is 0 Å². The van der Waals surface area contributed by atoms with Crippen LogP contribution in [0.15, 0.2) is 30.5 Å². The van der Waals surface area contributed by atoms with Crippen LogP contribution in [0, 0.1) is 11.3 Å². The Morgan fingerprint density at radius 3 is 2.82 bits per heavy atom. The number of methoxy groups -OCH3 is 1. The molecule has 2 rings (SSSR count). The Morgan fingerprint density at radius 2 is 2.23 bits per heavy atom. The van der Waals surface area contributed by atoms with Crippen molar-refractivity contribution < 1.29 is 9.47 Å². The molecule has 0 aliphatic heterocycles. The van der Waals surface area contributed by atoms with E-state index in [-0.39, 0.29) is 17.5 Å². The molecule has 1 unspecified atom stereocenters. The maximum atomic E-state index is 9.06. The van der Waals surface area contributed by atoms with Crippen molar-refractivity contribution in [2.75, 3.05) is 19.0 Å². The van der Waals surface area contributed by atoms with Gasteiger partial charge in [0.15, 0.2) is 0 Å². The first kappa shape index (κ1) is 15.5. The minimum absolute atomic E-state index is 0.0212. The molecule has 0 aliphatic carbocycles. The zero-order valence-corrected chi connectivity index (χ0v) is 12.3. The van der Waals surface area contributed by atoms with Crippen LogP contribution in [0.2, 0.25) is 0 Å². The number of ether oxygens (including phenoxy) is 2. The van der Waals surface area contributed by atoms with Crippen molar-refractivity contribution in [1.29, 1.82) is 5.26 Å². The van der Waals surface area contributed by atoms with E-state index in [0.29, 0.717) is 6.61 Å². The predicted octanol–water partition coefficient (Wildman–Crippen LogP) is 1.59. The van der Waals surface area contributed by atoms with Crippen molar-refractivity contribution in [3.05, 3.63) is 36.3 Å². The number of nitrogens with zero attached hydrogens (tertiary/aromatic N) is 4. The van der Waals surface area contributed by atoms with Crippen LogP contribution in [0.4, 0.5) is 5.69 Å². The molecule has 0 amide bonds. The largest absolute Gasteiger partial charge is 0.488 e. The molecular formula is C14H16N6O2. The molecule has 2 aromatic rings. The van der Waals surface area contributed by atoms with Gasteiger partial charge in [-0.25, -0.2) is 0 Å². The standard InChI is InChI=1S/C14H16N6O2/c1-10(9-21-2)22-13-5-3-12(4-6-13)16-8-11(7-15)14-17-19-20-18-14/h3-6,8,10,16H,9H2,1-2H3,(H,17,18,19,20). The van der Waals surface area contributed by atoms with Gasteiger partial charge in [0.25, 0.3) is 0 Å². The minimum Gasteiger partial charge on any atom is -0.488 e. The third-order valence-corrected chi connectivity index (χ3v) is 2.68. The molecule has 0 radical (unpaired) electrons. The molecular weight excluding hydrogens is 284 g/mol. The Hall–Kier alpha value is -2.92. The van der Waals surface area contributed by atoms with Gasteiger partial charge in [0.05, 0.1) is 6.61 Å². The van der Waals surface area contributed by atoms with Crippen LogP contribution in [0.3, 0.4) is 0 Å². The van der Waals surface area contributed by atoms with Crippen molar-refractivity contribution >= 4 is 11.3 Å². The van der Waals surface area contributed by atoms with E-state index in [1.165, 1.54) is 6.20 Å². The summed E-state index contributed by atoms with van der Waals surface area (Å²) in [5.74, 6) is 0.987. The van der Waals surface area contributed by atoms with E-state index in [0.717, 1.165) is 11.4 Å². The van der Waals surface area contributed by atoms with Gasteiger partial charge in [0.2, 0.25) is 5.82 Å². The predicted molar refractivity (Wildman–Crippen MR) is 79.8 cm³/mol. The second-order valence-electron chi connectivity index (χ2n) is 4.46. The molecule has 0 fully saturated rings. The van der Waals surface area contributed by atoms with E-state index in [1.54, 1.807) is 7.11 Å². The van der Waals surface area contributed by atoms with Crippen LogP contribution in [-0.4, -0.2) is 40.4 Å². The van der Waals surface area contributed by atoms with Crippen LogP contribution in [0.25, 0.3) is 5.57 Å². The number of nitrogens with one attached hydrogen (secondary N) is 2. The van der Waals surface area contributed by atoms with E-state index >= 15 is 0 Å². The quantitative estimate of drug-likeness (QED) is 0.747. The van der Waals surface area contributed by atoms with Crippen molar-refractivity contribution in [3.8, 4) is 11.8 Å². The highest BCUT2D eigenvalue weighted by molar-refractivity contribution is 5.74. The molecule has 1 aromatic heterocycles. The Balaban J connectivity index is 1.98. The highest BCUT2D eigenvalue weighted by atomic mass is 16.5. The molecule has 0 spiro atoms. The van der Waals surface area contributed by atoms with Crippen LogP contribution in [0.5, 0.6) is 5.75 Å². The van der Waals surface area contributed by atoms with Crippen LogP contribution < -0.4 is 10.1 Å². The molecule has 0 bridgehead atoms.